The number of fused-ring (bicyclic) bond motifs is 5. The third kappa shape index (κ3) is 2.69. The molecule has 0 radical (unpaired) electrons. The lowest BCUT2D eigenvalue weighted by Crippen LogP contribution is -2.42. The van der Waals surface area contributed by atoms with Crippen LogP contribution in [0.3, 0.4) is 0 Å². The second kappa shape index (κ2) is 6.29. The quantitative estimate of drug-likeness (QED) is 0.849. The molecule has 1 aromatic heterocycles. The Labute approximate surface area is 133 Å². The van der Waals surface area contributed by atoms with Gasteiger partial charge in [0.25, 0.3) is 0 Å². The molecule has 0 amide bonds. The van der Waals surface area contributed by atoms with Crippen LogP contribution in [0.15, 0.2) is 24.4 Å². The van der Waals surface area contributed by atoms with E-state index in [2.05, 4.69) is 16.4 Å². The third-order valence-electron chi connectivity index (χ3n) is 6.58. The number of nitrogens with one attached hydrogen (secondary N) is 1. The van der Waals surface area contributed by atoms with Gasteiger partial charge in [0.2, 0.25) is 0 Å². The minimum Gasteiger partial charge on any atom is -0.396 e. The molecule has 0 aliphatic heterocycles. The molecule has 0 aromatic carbocycles. The maximum Gasteiger partial charge on any atom is 0.0475 e. The monoisotopic (exact) mass is 300 g/mol. The maximum atomic E-state index is 9.68. The number of hydrogen-bond acceptors (Lipinski definition) is 3. The van der Waals surface area contributed by atoms with Crippen molar-refractivity contribution in [3.63, 3.8) is 0 Å². The van der Waals surface area contributed by atoms with Gasteiger partial charge in [-0.25, -0.2) is 0 Å². The van der Waals surface area contributed by atoms with E-state index >= 15 is 0 Å². The smallest absolute Gasteiger partial charge is 0.0475 e. The Morgan fingerprint density at radius 1 is 1.18 bits per heavy atom. The molecular formula is C19H28N2O. The van der Waals surface area contributed by atoms with Crippen LogP contribution < -0.4 is 5.32 Å². The molecular weight excluding hydrogens is 272 g/mol. The molecule has 0 spiro atoms. The first kappa shape index (κ1) is 14.6. The van der Waals surface area contributed by atoms with Gasteiger partial charge in [0.1, 0.15) is 0 Å². The number of aliphatic hydroxyl groups excluding tert-OH is 1. The van der Waals surface area contributed by atoms with Gasteiger partial charge in [0.05, 0.1) is 0 Å². The molecule has 1 aromatic rings. The standard InChI is InChI=1S/C19H28N2O/c22-12-13(8-15-4-1-2-7-20-15)11-21-19-10-14-9-18(19)17-6-3-5-16(14)17/h1-2,4,7,13-14,16-19,21-22H,3,5-6,8-12H2/t13-,14+,16+,17-,18-,19+/m0/s1. The van der Waals surface area contributed by atoms with Gasteiger partial charge in [0, 0.05) is 31.1 Å². The van der Waals surface area contributed by atoms with E-state index in [9.17, 15) is 5.11 Å². The van der Waals surface area contributed by atoms with E-state index in [1.165, 1.54) is 32.1 Å². The Balaban J connectivity index is 1.31. The predicted molar refractivity (Wildman–Crippen MR) is 87.4 cm³/mol. The van der Waals surface area contributed by atoms with Gasteiger partial charge in [0.15, 0.2) is 0 Å². The molecule has 0 unspecified atom stereocenters. The van der Waals surface area contributed by atoms with Crippen LogP contribution in [0.5, 0.6) is 0 Å². The predicted octanol–water partition coefficient (Wildman–Crippen LogP) is 2.65. The van der Waals surface area contributed by atoms with Crippen molar-refractivity contribution in [1.82, 2.24) is 10.3 Å². The lowest BCUT2D eigenvalue weighted by atomic mass is 9.79. The zero-order chi connectivity index (χ0) is 14.9. The molecule has 6 atom stereocenters. The topological polar surface area (TPSA) is 45.1 Å². The molecule has 120 valence electrons. The summed E-state index contributed by atoms with van der Waals surface area (Å²) < 4.78 is 0. The van der Waals surface area contributed by atoms with Crippen molar-refractivity contribution in [3.05, 3.63) is 30.1 Å². The number of hydrogen-bond donors (Lipinski definition) is 2. The van der Waals surface area contributed by atoms with Gasteiger partial charge >= 0.3 is 0 Å². The molecule has 2 bridgehead atoms. The largest absolute Gasteiger partial charge is 0.396 e. The first-order valence-corrected chi connectivity index (χ1v) is 9.09. The highest BCUT2D eigenvalue weighted by molar-refractivity contribution is 5.07. The van der Waals surface area contributed by atoms with Gasteiger partial charge < -0.3 is 10.4 Å². The van der Waals surface area contributed by atoms with E-state index in [1.807, 2.05) is 18.3 Å². The molecule has 3 fully saturated rings. The summed E-state index contributed by atoms with van der Waals surface area (Å²) in [5, 5.41) is 13.5. The number of aliphatic hydroxyl groups is 1. The first-order valence-electron chi connectivity index (χ1n) is 9.09. The fraction of sp³-hybridized carbons (Fsp3) is 0.737. The van der Waals surface area contributed by atoms with Gasteiger partial charge in [-0.3, -0.25) is 4.98 Å². The Hall–Kier alpha value is -0.930. The van der Waals surface area contributed by atoms with Crippen LogP contribution in [0.4, 0.5) is 0 Å². The second-order valence-corrected chi connectivity index (χ2v) is 7.74. The van der Waals surface area contributed by atoms with Gasteiger partial charge in [-0.2, -0.15) is 0 Å². The molecule has 1 heterocycles. The Bertz CT molecular complexity index is 491. The van der Waals surface area contributed by atoms with E-state index in [0.717, 1.165) is 42.3 Å². The van der Waals surface area contributed by atoms with Crippen molar-refractivity contribution in [3.8, 4) is 0 Å². The summed E-state index contributed by atoms with van der Waals surface area (Å²) in [5.41, 5.74) is 1.09. The van der Waals surface area contributed by atoms with E-state index < -0.39 is 0 Å². The highest BCUT2D eigenvalue weighted by atomic mass is 16.3. The second-order valence-electron chi connectivity index (χ2n) is 7.74. The summed E-state index contributed by atoms with van der Waals surface area (Å²) >= 11 is 0. The van der Waals surface area contributed by atoms with E-state index in [4.69, 9.17) is 0 Å². The molecule has 3 nitrogen and oxygen atoms in total. The molecule has 2 N–H and O–H groups in total. The average molecular weight is 300 g/mol. The SMILES string of the molecule is OC[C@H](CN[C@@H]1C[C@H]2C[C@H]1[C@H]1CCC[C@H]21)Cc1ccccn1. The number of rotatable bonds is 6. The number of nitrogens with zero attached hydrogens (tertiary/aromatic N) is 1. The lowest BCUT2D eigenvalue weighted by Gasteiger charge is -2.33. The van der Waals surface area contributed by atoms with Crippen molar-refractivity contribution < 1.29 is 5.11 Å². The summed E-state index contributed by atoms with van der Waals surface area (Å²) in [4.78, 5) is 4.39. The molecule has 3 heteroatoms. The van der Waals surface area contributed by atoms with E-state index in [0.29, 0.717) is 6.04 Å². The lowest BCUT2D eigenvalue weighted by molar-refractivity contribution is 0.182. The van der Waals surface area contributed by atoms with Crippen LogP contribution in [0.25, 0.3) is 0 Å². The van der Waals surface area contributed by atoms with Crippen LogP contribution in [0, 0.1) is 29.6 Å². The normalized spacial score (nSPS) is 37.4. The summed E-state index contributed by atoms with van der Waals surface area (Å²) in [6, 6.07) is 6.74. The molecule has 22 heavy (non-hydrogen) atoms. The zero-order valence-electron chi connectivity index (χ0n) is 13.3. The van der Waals surface area contributed by atoms with Crippen LogP contribution >= 0.6 is 0 Å². The average Bonchev–Trinajstić information content (AvgIpc) is 3.24. The molecule has 4 rings (SSSR count). The Morgan fingerprint density at radius 2 is 2.09 bits per heavy atom. The van der Waals surface area contributed by atoms with Crippen molar-refractivity contribution in [2.45, 2.75) is 44.6 Å². The van der Waals surface area contributed by atoms with Gasteiger partial charge in [-0.15, -0.1) is 0 Å². The van der Waals surface area contributed by atoms with E-state index in [-0.39, 0.29) is 12.5 Å². The van der Waals surface area contributed by atoms with Crippen molar-refractivity contribution in [2.75, 3.05) is 13.2 Å². The van der Waals surface area contributed by atoms with Crippen molar-refractivity contribution in [1.29, 1.82) is 0 Å². The molecule has 3 aliphatic rings. The number of aromatic nitrogens is 1. The van der Waals surface area contributed by atoms with Gasteiger partial charge in [-0.1, -0.05) is 12.5 Å². The van der Waals surface area contributed by atoms with Crippen LogP contribution in [-0.2, 0) is 6.42 Å². The number of pyridine rings is 1. The molecule has 3 saturated carbocycles. The summed E-state index contributed by atoms with van der Waals surface area (Å²) in [6.07, 6.45) is 10.0. The first-order chi connectivity index (χ1) is 10.8. The minimum atomic E-state index is 0.246. The molecule has 3 aliphatic carbocycles. The fourth-order valence-electron chi connectivity index (χ4n) is 5.64. The van der Waals surface area contributed by atoms with Crippen LogP contribution in [0.2, 0.25) is 0 Å². The Kier molecular flexibility index (Phi) is 4.19. The molecule has 0 saturated heterocycles. The van der Waals surface area contributed by atoms with Crippen LogP contribution in [-0.4, -0.2) is 29.3 Å². The highest BCUT2D eigenvalue weighted by Gasteiger charge is 2.53. The minimum absolute atomic E-state index is 0.246. The summed E-state index contributed by atoms with van der Waals surface area (Å²) in [6.45, 7) is 1.18. The highest BCUT2D eigenvalue weighted by Crippen LogP contribution is 2.58. The van der Waals surface area contributed by atoms with Crippen molar-refractivity contribution >= 4 is 0 Å². The van der Waals surface area contributed by atoms with Crippen molar-refractivity contribution in [2.24, 2.45) is 29.6 Å². The summed E-state index contributed by atoms with van der Waals surface area (Å²) in [7, 11) is 0. The zero-order valence-corrected chi connectivity index (χ0v) is 13.3. The maximum absolute atomic E-state index is 9.68. The Morgan fingerprint density at radius 3 is 2.91 bits per heavy atom. The van der Waals surface area contributed by atoms with E-state index in [1.54, 1.807) is 0 Å². The summed E-state index contributed by atoms with van der Waals surface area (Å²) in [5.74, 6) is 4.28. The van der Waals surface area contributed by atoms with Crippen LogP contribution in [0.1, 0.15) is 37.8 Å². The third-order valence-corrected chi connectivity index (χ3v) is 6.58. The van der Waals surface area contributed by atoms with Gasteiger partial charge in [-0.05, 0) is 73.8 Å². The fourth-order valence-corrected chi connectivity index (χ4v) is 5.64.